The fourth-order valence-electron chi connectivity index (χ4n) is 15.8. The van der Waals surface area contributed by atoms with Gasteiger partial charge in [-0.3, -0.25) is 0 Å². The van der Waals surface area contributed by atoms with Crippen LogP contribution in [0.2, 0.25) is 0 Å². The van der Waals surface area contributed by atoms with E-state index < -0.39 is 21.4 Å². The molecule has 0 amide bonds. The molecule has 6 heterocycles. The second-order valence-corrected chi connectivity index (χ2v) is 35.2. The molecule has 0 fully saturated rings. The van der Waals surface area contributed by atoms with Crippen LogP contribution in [-0.2, 0) is 13.7 Å². The molecule has 0 saturated heterocycles. The van der Waals surface area contributed by atoms with Crippen molar-refractivity contribution in [3.05, 3.63) is 344 Å². The van der Waals surface area contributed by atoms with Crippen molar-refractivity contribution in [1.82, 2.24) is 0 Å². The molecule has 0 N–H and O–H groups in total. The molecular formula is C94H65O9P3. The quantitative estimate of drug-likeness (QED) is 0.150. The van der Waals surface area contributed by atoms with Gasteiger partial charge in [0.2, 0.25) is 0 Å². The van der Waals surface area contributed by atoms with Crippen molar-refractivity contribution in [1.29, 1.82) is 0 Å². The minimum atomic E-state index is -3.24. The van der Waals surface area contributed by atoms with Gasteiger partial charge >= 0.3 is 0 Å². The van der Waals surface area contributed by atoms with Gasteiger partial charge in [0.25, 0.3) is 0 Å². The van der Waals surface area contributed by atoms with E-state index in [1.807, 2.05) is 243 Å². The molecule has 15 aromatic carbocycles. The lowest BCUT2D eigenvalue weighted by Gasteiger charge is -2.35. The molecule has 6 aliphatic rings. The summed E-state index contributed by atoms with van der Waals surface area (Å²) in [6, 6.07) is 106. The summed E-state index contributed by atoms with van der Waals surface area (Å²) >= 11 is 0. The van der Waals surface area contributed by atoms with E-state index in [0.29, 0.717) is 106 Å². The molecule has 12 heteroatoms. The standard InChI is InChI=1S/C32H23O3P.2C31H21O3P/c1-20-9-3-5-11-24(20)22-15-16-31-27(17-22)35-29-19-23(25-12-6-4-10-21(25)2)18-28-32(29)36(31,33)30-14-8-7-13-26(30)34-28;1-20-9-5-6-12-24(20)22-15-16-26-30(19-22)35(32)29-14-8-7-13-25(29)33-27-17-23(18-28(34-26)31(27)35)21-10-3-2-4-11-21;1-20-9-5-6-12-24(20)23-17-27-31-28(18-23)34-26-16-15-22(21-10-3-2-4-11-21)19-30(26)35(31,32)29-14-8-7-13-25(29)33-27/h3-19H,1-2H3;2*2-19H,1H3. The number of para-hydroxylation sites is 3. The Hall–Kier alpha value is -12.2. The molecule has 3 unspecified atom stereocenters. The van der Waals surface area contributed by atoms with E-state index in [0.717, 1.165) is 88.5 Å². The van der Waals surface area contributed by atoms with Crippen LogP contribution in [0.25, 0.3) is 66.8 Å². The zero-order valence-electron chi connectivity index (χ0n) is 58.1. The fraction of sp³-hybridized carbons (Fsp3) is 0.0426. The zero-order chi connectivity index (χ0) is 71.6. The third-order valence-electron chi connectivity index (χ3n) is 20.9. The summed E-state index contributed by atoms with van der Waals surface area (Å²) in [7, 11) is -9.69. The maximum absolute atomic E-state index is 15.3. The van der Waals surface area contributed by atoms with Crippen LogP contribution in [0.4, 0.5) is 0 Å². The van der Waals surface area contributed by atoms with Crippen LogP contribution in [0.15, 0.2) is 322 Å². The molecule has 0 bridgehead atoms. The minimum absolute atomic E-state index is 0.593. The van der Waals surface area contributed by atoms with Gasteiger partial charge < -0.3 is 42.1 Å². The van der Waals surface area contributed by atoms with Crippen molar-refractivity contribution in [3.63, 3.8) is 0 Å². The third-order valence-corrected chi connectivity index (χ3v) is 30.4. The number of benzene rings is 15. The average Bonchev–Trinajstić information content (AvgIpc) is 0.710. The molecule has 510 valence electrons. The Labute approximate surface area is 614 Å². The molecule has 106 heavy (non-hydrogen) atoms. The highest BCUT2D eigenvalue weighted by Crippen LogP contribution is 2.63. The lowest BCUT2D eigenvalue weighted by atomic mass is 9.99. The lowest BCUT2D eigenvalue weighted by Crippen LogP contribution is -2.35. The predicted molar refractivity (Wildman–Crippen MR) is 430 cm³/mol. The van der Waals surface area contributed by atoms with Crippen LogP contribution in [0.3, 0.4) is 0 Å². The van der Waals surface area contributed by atoms with E-state index in [1.54, 1.807) is 0 Å². The van der Waals surface area contributed by atoms with Crippen molar-refractivity contribution in [2.45, 2.75) is 27.7 Å². The van der Waals surface area contributed by atoms with E-state index in [-0.39, 0.29) is 0 Å². The van der Waals surface area contributed by atoms with Gasteiger partial charge in [-0.15, -0.1) is 0 Å². The topological polar surface area (TPSA) is 107 Å². The molecule has 0 aliphatic carbocycles. The molecule has 15 aromatic rings. The smallest absolute Gasteiger partial charge is 0.185 e. The van der Waals surface area contributed by atoms with E-state index in [9.17, 15) is 0 Å². The van der Waals surface area contributed by atoms with E-state index in [2.05, 4.69) is 107 Å². The van der Waals surface area contributed by atoms with Crippen molar-refractivity contribution < 1.29 is 42.1 Å². The van der Waals surface area contributed by atoms with Gasteiger partial charge in [0.1, 0.15) is 84.9 Å². The first-order chi connectivity index (χ1) is 51.8. The van der Waals surface area contributed by atoms with Gasteiger partial charge in [0.05, 0.1) is 31.8 Å². The highest BCUT2D eigenvalue weighted by molar-refractivity contribution is 7.87. The summed E-state index contributed by atoms with van der Waals surface area (Å²) in [4.78, 5) is 0. The Morgan fingerprint density at radius 2 is 0.434 bits per heavy atom. The monoisotopic (exact) mass is 1430 g/mol. The van der Waals surface area contributed by atoms with Crippen LogP contribution >= 0.6 is 21.4 Å². The first kappa shape index (κ1) is 64.6. The Bertz CT molecular complexity index is 6310. The van der Waals surface area contributed by atoms with Crippen molar-refractivity contribution in [2.24, 2.45) is 0 Å². The van der Waals surface area contributed by atoms with Crippen molar-refractivity contribution in [2.75, 3.05) is 0 Å². The van der Waals surface area contributed by atoms with Crippen LogP contribution in [0.1, 0.15) is 22.3 Å². The summed E-state index contributed by atoms with van der Waals surface area (Å²) < 4.78 is 84.3. The lowest BCUT2D eigenvalue weighted by molar-refractivity contribution is 0.461. The minimum Gasteiger partial charge on any atom is -0.456 e. The summed E-state index contributed by atoms with van der Waals surface area (Å²) in [6.07, 6.45) is 0. The Morgan fingerprint density at radius 1 is 0.179 bits per heavy atom. The molecule has 0 spiro atoms. The Kier molecular flexibility index (Phi) is 15.4. The number of fused-ring (bicyclic) bond motifs is 12. The van der Waals surface area contributed by atoms with E-state index in [1.165, 1.54) is 11.1 Å². The number of hydrogen-bond donors (Lipinski definition) is 0. The van der Waals surface area contributed by atoms with Crippen molar-refractivity contribution in [3.8, 4) is 136 Å². The second kappa shape index (κ2) is 25.3. The van der Waals surface area contributed by atoms with Crippen LogP contribution in [-0.4, -0.2) is 0 Å². The summed E-state index contributed by atoms with van der Waals surface area (Å²) in [6.45, 7) is 8.37. The van der Waals surface area contributed by atoms with E-state index >= 15 is 13.7 Å². The fourth-order valence-corrected chi connectivity index (χ4v) is 24.9. The molecule has 3 atom stereocenters. The highest BCUT2D eigenvalue weighted by atomic mass is 31.2. The van der Waals surface area contributed by atoms with Gasteiger partial charge in [-0.25, -0.2) is 0 Å². The number of aryl methyl sites for hydroxylation is 4. The zero-order valence-corrected chi connectivity index (χ0v) is 60.8. The first-order valence-electron chi connectivity index (χ1n) is 35.3. The molecule has 0 aromatic heterocycles. The van der Waals surface area contributed by atoms with E-state index in [4.69, 9.17) is 28.4 Å². The summed E-state index contributed by atoms with van der Waals surface area (Å²) in [5.41, 5.74) is 17.2. The molecule has 21 rings (SSSR count). The largest absolute Gasteiger partial charge is 0.456 e. The second-order valence-electron chi connectivity index (χ2n) is 27.3. The van der Waals surface area contributed by atoms with Gasteiger partial charge in [0.15, 0.2) is 21.4 Å². The molecule has 0 radical (unpaired) electrons. The summed E-state index contributed by atoms with van der Waals surface area (Å²) in [5.74, 6) is 7.37. The van der Waals surface area contributed by atoms with Gasteiger partial charge in [-0.1, -0.05) is 212 Å². The van der Waals surface area contributed by atoms with Crippen LogP contribution in [0, 0.1) is 27.7 Å². The van der Waals surface area contributed by atoms with Crippen LogP contribution < -0.4 is 76.2 Å². The third kappa shape index (κ3) is 10.4. The van der Waals surface area contributed by atoms with Gasteiger partial charge in [0, 0.05) is 0 Å². The SMILES string of the molecule is Cc1ccccc1-c1cc2c3c(c1)Oc1ccc(-c4ccccc4)cc1P3(=O)c1ccccc1O2.Cc1ccccc1-c1ccc2c(c1)Oc1cc(-c3ccccc3C)cc3c1P2(=O)c1ccccc1O3.Cc1ccccc1-c1ccc2c(c1)P1(=O)c3ccccc3Oc3cc(-c4ccccc4)cc(c31)O2. The molecule has 6 aliphatic heterocycles. The maximum Gasteiger partial charge on any atom is 0.185 e. The molecule has 9 nitrogen and oxygen atoms in total. The maximum atomic E-state index is 15.3. The highest BCUT2D eigenvalue weighted by Gasteiger charge is 2.50. The predicted octanol–water partition coefficient (Wildman–Crippen LogP) is 21.8. The number of ether oxygens (including phenoxy) is 6. The Morgan fingerprint density at radius 3 is 0.830 bits per heavy atom. The van der Waals surface area contributed by atoms with Crippen LogP contribution in [0.5, 0.6) is 69.0 Å². The van der Waals surface area contributed by atoms with Crippen molar-refractivity contribution >= 4 is 69.2 Å². The van der Waals surface area contributed by atoms with Gasteiger partial charge in [-0.05, 0) is 226 Å². The first-order valence-corrected chi connectivity index (χ1v) is 40.4. The van der Waals surface area contributed by atoms with Gasteiger partial charge in [-0.2, -0.15) is 0 Å². The summed E-state index contributed by atoms with van der Waals surface area (Å²) in [5, 5.41) is 6.23. The average molecular weight is 1430 g/mol. The molecule has 0 saturated carbocycles. The molecular weight excluding hydrogens is 1370 g/mol. The number of rotatable bonds is 6. The normalized spacial score (nSPS) is 16.8. The number of hydrogen-bond acceptors (Lipinski definition) is 9. The Balaban J connectivity index is 0.000000109.